The topological polar surface area (TPSA) is 406 Å². The quantitative estimate of drug-likeness (QED) is 0.0120. The number of nitrogen functional groups attached to an aromatic ring is 4. The number of hydrogen-bond donors (Lipinski definition) is 7. The van der Waals surface area contributed by atoms with Crippen molar-refractivity contribution in [2.24, 2.45) is 0 Å². The van der Waals surface area contributed by atoms with E-state index in [2.05, 4.69) is 236 Å². The summed E-state index contributed by atoms with van der Waals surface area (Å²) in [5, 5.41) is 33.8. The fourth-order valence-electron chi connectivity index (χ4n) is 10.8. The zero-order valence-corrected chi connectivity index (χ0v) is 90.0. The van der Waals surface area contributed by atoms with Crippen LogP contribution < -0.4 is 58.1 Å². The zero-order valence-electron chi connectivity index (χ0n) is 71.5. The molecule has 0 aliphatic carbocycles. The number of halogens is 12. The number of methoxy groups -OCH3 is 2. The van der Waals surface area contributed by atoms with Crippen LogP contribution in [0.4, 0.5) is 45.2 Å². The summed E-state index contributed by atoms with van der Waals surface area (Å²) in [7, 11) is 2.66. The second-order valence-corrected chi connectivity index (χ2v) is 69.5. The van der Waals surface area contributed by atoms with Crippen molar-refractivity contribution in [3.63, 3.8) is 0 Å². The van der Waals surface area contributed by atoms with E-state index in [0.717, 1.165) is 52.0 Å². The fraction of sp³-hybridized carbons (Fsp3) is 0.135. The standard InChI is InChI=1S/C21H13FN4O.C14H11FN4O2.C13H11FN4O.C13H9FN4O.C9H8FN3.C9H10O2.C2H4I2.2C2H5I.C2H6.2CH3.3HI.Na.H2O.V/c22-16-8-6-14(7-9-16)18-11-19-23-12-15-10-17(13-4-2-1-3-5-13)21(27)24-20(15)26(19)25-18;1-21-14(20)10-7-17-12-6-11(18-19(12)13(10)16)8-2-4-9(15)5-3-8;2*14-10-3-1-8(2-4-10)11-5-12-16-6-9(7-19)13(15)18(12)17-11;10-7-3-1-6(2-4-7)8-5-9(11)13-12-8;1-11-9(10)7-8-5-3-2-4-6-8;1-2(3)4;2*1-2-3;1-2;;;;;;;;/h1-12H,(H,24,27);2-7H,16H2,1H3;1-6,19H,7,15H2;1-7H,15H2;1-5H,(H3,11,12,13);2-6H,7H2,1H3;2H,1H3;2*2H2,1H3;1-2H3;2*1H3;3*1H;;1H2;/q;;;;;;;;;;2*-1;;;;+1;;+3/p-4. The van der Waals surface area contributed by atoms with Gasteiger partial charge < -0.3 is 62.8 Å². The number of rotatable bonds is 11. The number of nitrogens with two attached hydrogens (primary N) is 4. The number of benzene rings is 7. The van der Waals surface area contributed by atoms with E-state index in [1.54, 1.807) is 102 Å². The number of carbonyl (C=O) groups excluding carboxylic acids is 3. The van der Waals surface area contributed by atoms with Crippen LogP contribution in [-0.2, 0) is 32.2 Å². The Morgan fingerprint density at radius 1 is 0.515 bits per heavy atom. The fourth-order valence-corrected chi connectivity index (χ4v) is 10.8. The Morgan fingerprint density at radius 3 is 1.25 bits per heavy atom. The molecule has 0 radical (unpaired) electrons. The molecule has 0 spiro atoms. The number of aliphatic hydroxyl groups is 1. The molecule has 0 aliphatic rings. The maximum absolute atomic E-state index is 13.2. The Kier molecular flexibility index (Phi) is 53.3. The van der Waals surface area contributed by atoms with Gasteiger partial charge in [-0.3, -0.25) is 19.5 Å². The number of fused-ring (bicyclic) bond motifs is 6. The van der Waals surface area contributed by atoms with Gasteiger partial charge in [-0.2, -0.15) is 43.6 Å². The molecule has 0 fully saturated rings. The van der Waals surface area contributed by atoms with Crippen molar-refractivity contribution >= 4 is 225 Å². The summed E-state index contributed by atoms with van der Waals surface area (Å²) in [4.78, 5) is 65.2. The molecule has 7 aromatic carbocycles. The van der Waals surface area contributed by atoms with Crippen molar-refractivity contribution in [3.05, 3.63) is 320 Å². The van der Waals surface area contributed by atoms with Crippen LogP contribution in [0.3, 0.4) is 0 Å². The number of aromatic amines is 2. The van der Waals surface area contributed by atoms with E-state index in [-0.39, 0.29) is 125 Å². The van der Waals surface area contributed by atoms with Crippen LogP contribution in [0.15, 0.2) is 248 Å². The number of esters is 2. The molecule has 680 valence electrons. The van der Waals surface area contributed by atoms with Gasteiger partial charge in [0.1, 0.15) is 63.6 Å². The van der Waals surface area contributed by atoms with E-state index in [9.17, 15) is 41.1 Å². The van der Waals surface area contributed by atoms with Crippen molar-refractivity contribution in [3.8, 4) is 67.4 Å². The molecule has 130 heavy (non-hydrogen) atoms. The summed E-state index contributed by atoms with van der Waals surface area (Å²) in [6, 6.07) is 59.6. The van der Waals surface area contributed by atoms with Crippen LogP contribution >= 0.6 is 150 Å². The molecule has 0 amide bonds. The van der Waals surface area contributed by atoms with Crippen LogP contribution in [0.1, 0.15) is 66.5 Å². The van der Waals surface area contributed by atoms with Gasteiger partial charge in [0, 0.05) is 93.9 Å². The molecule has 0 aliphatic heterocycles. The number of aliphatic hydroxyl groups excluding tert-OH is 1. The van der Waals surface area contributed by atoms with Crippen molar-refractivity contribution in [2.75, 3.05) is 46.0 Å². The van der Waals surface area contributed by atoms with Crippen molar-refractivity contribution < 1.29 is 90.9 Å². The minimum atomic E-state index is -0.583. The number of nitrogens with one attached hydrogen (secondary N) is 2. The minimum absolute atomic E-state index is 0. The average Bonchev–Trinajstić information content (AvgIpc) is 1.63. The first-order valence-electron chi connectivity index (χ1n) is 37.5. The monoisotopic (exact) mass is 2610 g/mol. The third kappa shape index (κ3) is 35.2. The number of carbonyl (C=O) groups is 3. The Morgan fingerprint density at radius 2 is 0.869 bits per heavy atom. The number of alkyl halides is 4. The normalized spacial score (nSPS) is 9.95. The van der Waals surface area contributed by atoms with Crippen LogP contribution in [0.5, 0.6) is 0 Å². The van der Waals surface area contributed by atoms with Crippen molar-refractivity contribution in [1.29, 1.82) is 0 Å². The maximum atomic E-state index is 13.2. The van der Waals surface area contributed by atoms with E-state index < -0.39 is 5.97 Å². The Balaban J connectivity index is 0.000000392. The van der Waals surface area contributed by atoms with Crippen LogP contribution in [-0.4, -0.2) is 127 Å². The Hall–Kier alpha value is -8.49. The first kappa shape index (κ1) is 116. The Labute approximate surface area is 861 Å². The van der Waals surface area contributed by atoms with Crippen LogP contribution in [0.2, 0.25) is 0 Å². The minimum Gasteiger partial charge on any atom is -0.870 e. The third-order valence-corrected chi connectivity index (χ3v) is 16.5. The molecule has 0 saturated carbocycles. The van der Waals surface area contributed by atoms with Gasteiger partial charge in [0.05, 0.1) is 63.2 Å². The van der Waals surface area contributed by atoms with Crippen LogP contribution in [0.25, 0.3) is 101 Å². The second kappa shape index (κ2) is 59.9. The second-order valence-electron chi connectivity index (χ2n) is 25.0. The van der Waals surface area contributed by atoms with Gasteiger partial charge >= 0.3 is 106 Å². The van der Waals surface area contributed by atoms with Gasteiger partial charge in [-0.15, -0.1) is 0 Å². The summed E-state index contributed by atoms with van der Waals surface area (Å²) >= 11 is 16.6. The summed E-state index contributed by atoms with van der Waals surface area (Å²) in [5.41, 5.74) is 36.1. The maximum Gasteiger partial charge on any atom is 1.00 e. The molecular formula is C89H89F5I7N19NaO8V-2. The largest absolute Gasteiger partial charge is 1.00 e. The summed E-state index contributed by atoms with van der Waals surface area (Å²) in [5.74, 6) is -1.12. The number of hydrogen-bond acceptors (Lipinski definition) is 21. The zero-order chi connectivity index (χ0) is 92.1. The predicted octanol–water partition coefficient (Wildman–Crippen LogP) is 19.2. The Bertz CT molecular complexity index is 6370. The van der Waals surface area contributed by atoms with Crippen molar-refractivity contribution in [2.45, 2.75) is 49.6 Å². The molecule has 12 N–H and O–H groups in total. The first-order chi connectivity index (χ1) is 60.5. The summed E-state index contributed by atoms with van der Waals surface area (Å²) < 4.78 is 82.6. The molecule has 10 heterocycles. The van der Waals surface area contributed by atoms with Crippen LogP contribution in [0, 0.1) is 43.9 Å². The summed E-state index contributed by atoms with van der Waals surface area (Å²) in [6.07, 6.45) is 6.95. The van der Waals surface area contributed by atoms with E-state index in [1.165, 1.54) is 116 Å². The molecule has 27 nitrogen and oxygen atoms in total. The van der Waals surface area contributed by atoms with E-state index in [4.69, 9.17) is 28.0 Å². The van der Waals surface area contributed by atoms with Gasteiger partial charge in [0.2, 0.25) is 0 Å². The summed E-state index contributed by atoms with van der Waals surface area (Å²) in [6.45, 7) is 10.2. The first-order valence-corrected chi connectivity index (χ1v) is 56.5. The molecule has 10 aromatic heterocycles. The average molecular weight is 2610 g/mol. The predicted molar refractivity (Wildman–Crippen MR) is 558 cm³/mol. The number of ether oxygens (including phenoxy) is 2. The number of pyridine rings is 1. The van der Waals surface area contributed by atoms with E-state index >= 15 is 0 Å². The number of anilines is 4. The molecule has 0 saturated heterocycles. The van der Waals surface area contributed by atoms with Crippen molar-refractivity contribution in [1.82, 2.24) is 73.6 Å². The molecule has 0 atom stereocenters. The van der Waals surface area contributed by atoms with E-state index in [0.29, 0.717) is 86.5 Å². The van der Waals surface area contributed by atoms with E-state index in [1.807, 2.05) is 80.6 Å². The molecule has 0 bridgehead atoms. The molecule has 0 unspecified atom stereocenters. The molecule has 17 aromatic rings. The van der Waals surface area contributed by atoms with Gasteiger partial charge in [-0.1, -0.05) is 179 Å². The SMILES string of the molecule is CC.CC(I)I.CCI.CCI.COC(=O)Cc1ccccc1.COC(=O)c1cnc2cc(-c3ccc(F)cc3)nn2c1N.Nc1c(C=O)cnc2cc(-c3ccc(F)cc3)nn12.Nc1c(CO)cnc2cc(-c3ccc(F)cc3)nn12.Nc1cc(-c2ccc(F)cc2)[nH]n1.O=c1[nH]c2c(cnc3cc(-c4ccc(F)cc4)nn32)cc1-c1ccccc1.[CH3-].[CH3-].[I][V]([I])[I].[Na+].[OH-]. The molecule has 41 heteroatoms. The number of H-pyrrole nitrogens is 2. The smallest absolute Gasteiger partial charge is 0.870 e. The number of nitrogens with zero attached hydrogens (tertiary/aromatic N) is 13. The van der Waals surface area contributed by atoms with Gasteiger partial charge in [-0.05, 0) is 160 Å². The number of aldehydes is 1. The van der Waals surface area contributed by atoms with Gasteiger partial charge in [0.15, 0.2) is 28.9 Å². The van der Waals surface area contributed by atoms with Gasteiger partial charge in [-0.25, -0.2) is 46.7 Å². The number of aromatic nitrogens is 15. The van der Waals surface area contributed by atoms with Gasteiger partial charge in [0.25, 0.3) is 5.56 Å². The molecule has 17 rings (SSSR count). The third-order valence-electron chi connectivity index (χ3n) is 16.5. The molecular weight excluding hydrogens is 2520 g/mol.